The second-order valence-electron chi connectivity index (χ2n) is 6.64. The second kappa shape index (κ2) is 8.35. The minimum Gasteiger partial charge on any atom is -0.493 e. The number of nitrogens with one attached hydrogen (secondary N) is 1. The van der Waals surface area contributed by atoms with Crippen LogP contribution < -0.4 is 14.8 Å². The molecular formula is C19H23ClN2O3S. The predicted molar refractivity (Wildman–Crippen MR) is 107 cm³/mol. The molecule has 140 valence electrons. The van der Waals surface area contributed by atoms with Gasteiger partial charge in [-0.1, -0.05) is 24.4 Å². The van der Waals surface area contributed by atoms with Crippen molar-refractivity contribution >= 4 is 40.5 Å². The van der Waals surface area contributed by atoms with Gasteiger partial charge in [-0.15, -0.1) is 0 Å². The van der Waals surface area contributed by atoms with Crippen molar-refractivity contribution in [1.29, 1.82) is 0 Å². The lowest BCUT2D eigenvalue weighted by atomic mass is 10.1. The lowest BCUT2D eigenvalue weighted by Crippen LogP contribution is -2.21. The lowest BCUT2D eigenvalue weighted by Gasteiger charge is -2.15. The summed E-state index contributed by atoms with van der Waals surface area (Å²) in [6.07, 6.45) is 6.41. The first-order valence-electron chi connectivity index (χ1n) is 8.79. The van der Waals surface area contributed by atoms with Crippen LogP contribution in [0.15, 0.2) is 22.0 Å². The summed E-state index contributed by atoms with van der Waals surface area (Å²) in [6, 6.07) is 3.92. The number of amidine groups is 1. The quantitative estimate of drug-likeness (QED) is 0.739. The fraction of sp³-hybridized carbons (Fsp3) is 0.474. The first kappa shape index (κ1) is 19.1. The Labute approximate surface area is 163 Å². The number of thioether (sulfide) groups is 1. The number of ether oxygens (including phenoxy) is 2. The van der Waals surface area contributed by atoms with Crippen molar-refractivity contribution in [2.24, 2.45) is 4.99 Å². The molecule has 1 saturated carbocycles. The normalized spacial score (nSPS) is 21.0. The number of nitrogens with zero attached hydrogens (tertiary/aromatic N) is 1. The molecule has 5 nitrogen and oxygen atoms in total. The molecule has 26 heavy (non-hydrogen) atoms. The molecule has 1 aromatic carbocycles. The van der Waals surface area contributed by atoms with Crippen LogP contribution in [0.5, 0.6) is 11.5 Å². The van der Waals surface area contributed by atoms with Crippen molar-refractivity contribution in [2.45, 2.75) is 51.7 Å². The van der Waals surface area contributed by atoms with Gasteiger partial charge in [-0.25, -0.2) is 0 Å². The van der Waals surface area contributed by atoms with Gasteiger partial charge in [0.2, 0.25) is 0 Å². The van der Waals surface area contributed by atoms with E-state index in [1.807, 2.05) is 19.9 Å². The molecule has 1 N–H and O–H groups in total. The number of aliphatic imine (C=N–C) groups is 1. The highest BCUT2D eigenvalue weighted by Gasteiger charge is 2.26. The van der Waals surface area contributed by atoms with Gasteiger partial charge in [0, 0.05) is 0 Å². The number of rotatable bonds is 5. The fourth-order valence-electron chi connectivity index (χ4n) is 3.01. The number of halogens is 1. The molecule has 1 aromatic rings. The molecule has 0 spiro atoms. The van der Waals surface area contributed by atoms with Gasteiger partial charge in [0.15, 0.2) is 16.7 Å². The zero-order valence-corrected chi connectivity index (χ0v) is 16.7. The summed E-state index contributed by atoms with van der Waals surface area (Å²) < 4.78 is 11.1. The molecule has 2 aliphatic rings. The zero-order valence-electron chi connectivity index (χ0n) is 15.2. The Kier molecular flexibility index (Phi) is 6.14. The Morgan fingerprint density at radius 2 is 2.08 bits per heavy atom. The molecule has 0 atom stereocenters. The Bertz CT molecular complexity index is 755. The summed E-state index contributed by atoms with van der Waals surface area (Å²) in [6.45, 7) is 3.85. The molecule has 2 fully saturated rings. The third-order valence-electron chi connectivity index (χ3n) is 4.18. The minimum atomic E-state index is -0.135. The van der Waals surface area contributed by atoms with E-state index in [1.54, 1.807) is 19.3 Å². The Morgan fingerprint density at radius 1 is 1.35 bits per heavy atom. The predicted octanol–water partition coefficient (Wildman–Crippen LogP) is 4.64. The van der Waals surface area contributed by atoms with Crippen LogP contribution in [0.2, 0.25) is 5.02 Å². The van der Waals surface area contributed by atoms with E-state index in [0.717, 1.165) is 18.4 Å². The van der Waals surface area contributed by atoms with Crippen LogP contribution in [0.3, 0.4) is 0 Å². The van der Waals surface area contributed by atoms with E-state index >= 15 is 0 Å². The van der Waals surface area contributed by atoms with Gasteiger partial charge >= 0.3 is 0 Å². The maximum atomic E-state index is 12.2. The van der Waals surface area contributed by atoms with Gasteiger partial charge in [-0.2, -0.15) is 0 Å². The van der Waals surface area contributed by atoms with Gasteiger partial charge in [-0.3, -0.25) is 9.79 Å². The van der Waals surface area contributed by atoms with Crippen LogP contribution in [0.25, 0.3) is 6.08 Å². The molecule has 1 aliphatic carbocycles. The summed E-state index contributed by atoms with van der Waals surface area (Å²) >= 11 is 7.73. The SMILES string of the molecule is COc1cc(/C=C2\SC(=NC3CCCC3)NC2=O)cc(Cl)c1OC(C)C. The Hall–Kier alpha value is -1.66. The summed E-state index contributed by atoms with van der Waals surface area (Å²) in [4.78, 5) is 17.5. The van der Waals surface area contributed by atoms with E-state index in [0.29, 0.717) is 32.6 Å². The van der Waals surface area contributed by atoms with Crippen molar-refractivity contribution in [3.05, 3.63) is 27.6 Å². The van der Waals surface area contributed by atoms with E-state index in [2.05, 4.69) is 10.3 Å². The lowest BCUT2D eigenvalue weighted by molar-refractivity contribution is -0.115. The van der Waals surface area contributed by atoms with Crippen LogP contribution in [0.4, 0.5) is 0 Å². The van der Waals surface area contributed by atoms with Gasteiger partial charge in [0.05, 0.1) is 29.2 Å². The molecule has 7 heteroatoms. The highest BCUT2D eigenvalue weighted by molar-refractivity contribution is 8.18. The Balaban J connectivity index is 1.83. The summed E-state index contributed by atoms with van der Waals surface area (Å²) in [5.74, 6) is 0.920. The number of carbonyl (C=O) groups excluding carboxylic acids is 1. The number of amides is 1. The Morgan fingerprint density at radius 3 is 2.73 bits per heavy atom. The second-order valence-corrected chi connectivity index (χ2v) is 8.08. The third kappa shape index (κ3) is 4.54. The number of hydrogen-bond acceptors (Lipinski definition) is 5. The smallest absolute Gasteiger partial charge is 0.264 e. The van der Waals surface area contributed by atoms with E-state index < -0.39 is 0 Å². The molecule has 1 heterocycles. The first-order chi connectivity index (χ1) is 12.5. The zero-order chi connectivity index (χ0) is 18.7. The van der Waals surface area contributed by atoms with Crippen LogP contribution >= 0.6 is 23.4 Å². The molecule has 1 aliphatic heterocycles. The monoisotopic (exact) mass is 394 g/mol. The highest BCUT2D eigenvalue weighted by atomic mass is 35.5. The summed E-state index contributed by atoms with van der Waals surface area (Å²) in [5, 5.41) is 3.99. The van der Waals surface area contributed by atoms with Gasteiger partial charge in [-0.05, 0) is 62.2 Å². The molecule has 0 unspecified atom stereocenters. The van der Waals surface area contributed by atoms with Crippen molar-refractivity contribution in [3.8, 4) is 11.5 Å². The van der Waals surface area contributed by atoms with E-state index in [9.17, 15) is 4.79 Å². The molecule has 3 rings (SSSR count). The van der Waals surface area contributed by atoms with Gasteiger partial charge in [0.1, 0.15) is 0 Å². The maximum absolute atomic E-state index is 12.2. The largest absolute Gasteiger partial charge is 0.493 e. The van der Waals surface area contributed by atoms with E-state index in [-0.39, 0.29) is 12.0 Å². The highest BCUT2D eigenvalue weighted by Crippen LogP contribution is 2.38. The summed E-state index contributed by atoms with van der Waals surface area (Å²) in [7, 11) is 1.57. The molecule has 1 amide bonds. The van der Waals surface area contributed by atoms with Crippen molar-refractivity contribution < 1.29 is 14.3 Å². The number of hydrogen-bond donors (Lipinski definition) is 1. The van der Waals surface area contributed by atoms with Crippen LogP contribution in [-0.2, 0) is 4.79 Å². The van der Waals surface area contributed by atoms with E-state index in [1.165, 1.54) is 24.6 Å². The van der Waals surface area contributed by atoms with Crippen LogP contribution in [0.1, 0.15) is 45.1 Å². The average molecular weight is 395 g/mol. The van der Waals surface area contributed by atoms with E-state index in [4.69, 9.17) is 21.1 Å². The first-order valence-corrected chi connectivity index (χ1v) is 9.98. The van der Waals surface area contributed by atoms with Crippen LogP contribution in [-0.4, -0.2) is 30.3 Å². The molecule has 0 bridgehead atoms. The minimum absolute atomic E-state index is 0.0175. The third-order valence-corrected chi connectivity index (χ3v) is 5.38. The summed E-state index contributed by atoms with van der Waals surface area (Å²) in [5.41, 5.74) is 0.780. The molecular weight excluding hydrogens is 372 g/mol. The molecule has 0 radical (unpaired) electrons. The number of benzene rings is 1. The topological polar surface area (TPSA) is 59.9 Å². The van der Waals surface area contributed by atoms with Crippen molar-refractivity contribution in [2.75, 3.05) is 7.11 Å². The fourth-order valence-corrected chi connectivity index (χ4v) is 4.17. The number of carbonyl (C=O) groups is 1. The molecule has 0 aromatic heterocycles. The standard InChI is InChI=1S/C19H23ClN2O3S/c1-11(2)25-17-14(20)8-12(9-15(17)24-3)10-16-18(23)22-19(26-16)21-13-6-4-5-7-13/h8-11,13H,4-7H2,1-3H3,(H,21,22,23)/b16-10-. The van der Waals surface area contributed by atoms with Crippen molar-refractivity contribution in [1.82, 2.24) is 5.32 Å². The average Bonchev–Trinajstić information content (AvgIpc) is 3.20. The molecule has 1 saturated heterocycles. The number of methoxy groups -OCH3 is 1. The van der Waals surface area contributed by atoms with Crippen LogP contribution in [0, 0.1) is 0 Å². The van der Waals surface area contributed by atoms with Gasteiger partial charge in [0.25, 0.3) is 5.91 Å². The maximum Gasteiger partial charge on any atom is 0.264 e. The van der Waals surface area contributed by atoms with Crippen molar-refractivity contribution in [3.63, 3.8) is 0 Å². The van der Waals surface area contributed by atoms with Gasteiger partial charge < -0.3 is 14.8 Å².